The second-order valence-corrected chi connectivity index (χ2v) is 4.01. The molecule has 0 amide bonds. The Morgan fingerprint density at radius 3 is 2.57 bits per heavy atom. The van der Waals surface area contributed by atoms with E-state index in [9.17, 15) is 9.50 Å². The molecular formula is C11H14FNO. The van der Waals surface area contributed by atoms with Crippen molar-refractivity contribution in [3.63, 3.8) is 0 Å². The van der Waals surface area contributed by atoms with Gasteiger partial charge in [-0.3, -0.25) is 0 Å². The van der Waals surface area contributed by atoms with E-state index in [0.717, 1.165) is 5.56 Å². The fraction of sp³-hybridized carbons (Fsp3) is 0.455. The van der Waals surface area contributed by atoms with Gasteiger partial charge in [-0.15, -0.1) is 0 Å². The van der Waals surface area contributed by atoms with E-state index in [4.69, 9.17) is 5.73 Å². The van der Waals surface area contributed by atoms with Crippen LogP contribution in [0.15, 0.2) is 24.3 Å². The van der Waals surface area contributed by atoms with Crippen LogP contribution in [0.4, 0.5) is 4.39 Å². The molecule has 1 aromatic carbocycles. The maximum Gasteiger partial charge on any atom is 0.119 e. The van der Waals surface area contributed by atoms with Gasteiger partial charge in [0.1, 0.15) is 11.9 Å². The average molecular weight is 195 g/mol. The molecule has 3 heteroatoms. The lowest BCUT2D eigenvalue weighted by Crippen LogP contribution is -2.48. The first-order valence-corrected chi connectivity index (χ1v) is 4.80. The summed E-state index contributed by atoms with van der Waals surface area (Å²) in [7, 11) is 0. The molecule has 0 saturated heterocycles. The molecule has 2 rings (SSSR count). The van der Waals surface area contributed by atoms with Crippen LogP contribution in [-0.4, -0.2) is 17.8 Å². The van der Waals surface area contributed by atoms with E-state index < -0.39 is 6.17 Å². The van der Waals surface area contributed by atoms with E-state index in [1.807, 2.05) is 12.1 Å². The van der Waals surface area contributed by atoms with Crippen molar-refractivity contribution < 1.29 is 9.50 Å². The normalized spacial score (nSPS) is 31.1. The molecule has 0 aliphatic heterocycles. The van der Waals surface area contributed by atoms with Crippen LogP contribution < -0.4 is 5.73 Å². The molecule has 0 radical (unpaired) electrons. The molecule has 1 saturated carbocycles. The van der Waals surface area contributed by atoms with Crippen molar-refractivity contribution in [3.8, 4) is 5.75 Å². The number of aromatic hydroxyl groups is 1. The third-order valence-corrected chi connectivity index (χ3v) is 3.09. The Morgan fingerprint density at radius 2 is 2.07 bits per heavy atom. The highest BCUT2D eigenvalue weighted by atomic mass is 19.1. The molecule has 0 atom stereocenters. The number of hydrogen-bond acceptors (Lipinski definition) is 2. The Hall–Kier alpha value is -1.09. The SMILES string of the molecule is NCC1(c2ccccc2O)CC(F)C1. The van der Waals surface area contributed by atoms with Crippen LogP contribution in [0.2, 0.25) is 0 Å². The number of nitrogens with two attached hydrogens (primary N) is 1. The minimum atomic E-state index is -0.766. The number of phenolic OH excluding ortho intramolecular Hbond substituents is 1. The van der Waals surface area contributed by atoms with Gasteiger partial charge in [0.2, 0.25) is 0 Å². The molecule has 0 aromatic heterocycles. The Kier molecular flexibility index (Phi) is 2.19. The third-order valence-electron chi connectivity index (χ3n) is 3.09. The van der Waals surface area contributed by atoms with Gasteiger partial charge in [0.15, 0.2) is 0 Å². The lowest BCUT2D eigenvalue weighted by atomic mass is 9.63. The predicted molar refractivity (Wildman–Crippen MR) is 53.0 cm³/mol. The molecule has 1 aliphatic rings. The number of para-hydroxylation sites is 1. The molecule has 3 N–H and O–H groups in total. The van der Waals surface area contributed by atoms with Crippen molar-refractivity contribution in [2.24, 2.45) is 5.73 Å². The van der Waals surface area contributed by atoms with Crippen LogP contribution in [0.1, 0.15) is 18.4 Å². The highest BCUT2D eigenvalue weighted by Crippen LogP contribution is 2.47. The Labute approximate surface area is 82.5 Å². The van der Waals surface area contributed by atoms with Crippen LogP contribution in [0.25, 0.3) is 0 Å². The van der Waals surface area contributed by atoms with E-state index in [0.29, 0.717) is 19.4 Å². The summed E-state index contributed by atoms with van der Waals surface area (Å²) in [6, 6.07) is 7.05. The fourth-order valence-electron chi connectivity index (χ4n) is 2.21. The third kappa shape index (κ3) is 1.28. The maximum atomic E-state index is 12.9. The van der Waals surface area contributed by atoms with Crippen LogP contribution in [0.5, 0.6) is 5.75 Å². The van der Waals surface area contributed by atoms with E-state index in [2.05, 4.69) is 0 Å². The van der Waals surface area contributed by atoms with Gasteiger partial charge < -0.3 is 10.8 Å². The number of halogens is 1. The first-order chi connectivity index (χ1) is 6.68. The monoisotopic (exact) mass is 195 g/mol. The highest BCUT2D eigenvalue weighted by Gasteiger charge is 2.46. The van der Waals surface area contributed by atoms with Gasteiger partial charge in [-0.05, 0) is 18.9 Å². The minimum absolute atomic E-state index is 0.227. The second kappa shape index (κ2) is 3.24. The van der Waals surface area contributed by atoms with Crippen molar-refractivity contribution in [2.45, 2.75) is 24.4 Å². The van der Waals surface area contributed by atoms with E-state index >= 15 is 0 Å². The van der Waals surface area contributed by atoms with Gasteiger partial charge in [0.25, 0.3) is 0 Å². The molecule has 0 heterocycles. The van der Waals surface area contributed by atoms with E-state index in [1.165, 1.54) is 0 Å². The first kappa shape index (κ1) is 9.46. The van der Waals surface area contributed by atoms with Gasteiger partial charge in [0, 0.05) is 17.5 Å². The molecule has 76 valence electrons. The Morgan fingerprint density at radius 1 is 1.43 bits per heavy atom. The summed E-state index contributed by atoms with van der Waals surface area (Å²) in [5.41, 5.74) is 6.11. The summed E-state index contributed by atoms with van der Waals surface area (Å²) >= 11 is 0. The molecule has 0 spiro atoms. The number of alkyl halides is 1. The summed E-state index contributed by atoms with van der Waals surface area (Å²) in [6.07, 6.45) is 0.0976. The summed E-state index contributed by atoms with van der Waals surface area (Å²) in [4.78, 5) is 0. The van der Waals surface area contributed by atoms with E-state index in [1.54, 1.807) is 12.1 Å². The van der Waals surface area contributed by atoms with Gasteiger partial charge in [-0.2, -0.15) is 0 Å². The average Bonchev–Trinajstić information content (AvgIpc) is 2.14. The predicted octanol–water partition coefficient (Wildman–Crippen LogP) is 1.72. The molecule has 1 aromatic rings. The zero-order valence-electron chi connectivity index (χ0n) is 7.91. The zero-order valence-corrected chi connectivity index (χ0v) is 7.91. The quantitative estimate of drug-likeness (QED) is 0.754. The van der Waals surface area contributed by atoms with Crippen LogP contribution in [0, 0.1) is 0 Å². The second-order valence-electron chi connectivity index (χ2n) is 4.01. The Bertz CT molecular complexity index is 334. The lowest BCUT2D eigenvalue weighted by Gasteiger charge is -2.44. The molecule has 2 nitrogen and oxygen atoms in total. The summed E-state index contributed by atoms with van der Waals surface area (Å²) in [5, 5.41) is 9.65. The van der Waals surface area contributed by atoms with Crippen molar-refractivity contribution in [2.75, 3.05) is 6.54 Å². The van der Waals surface area contributed by atoms with Gasteiger partial charge in [0.05, 0.1) is 0 Å². The minimum Gasteiger partial charge on any atom is -0.508 e. The molecule has 0 unspecified atom stereocenters. The topological polar surface area (TPSA) is 46.2 Å². The number of benzene rings is 1. The summed E-state index contributed by atoms with van der Waals surface area (Å²) in [5.74, 6) is 0.227. The Balaban J connectivity index is 2.34. The zero-order chi connectivity index (χ0) is 10.2. The van der Waals surface area contributed by atoms with Crippen molar-refractivity contribution >= 4 is 0 Å². The van der Waals surface area contributed by atoms with Gasteiger partial charge in [-0.25, -0.2) is 4.39 Å². The maximum absolute atomic E-state index is 12.9. The molecule has 0 bridgehead atoms. The fourth-order valence-corrected chi connectivity index (χ4v) is 2.21. The number of phenols is 1. The standard InChI is InChI=1S/C11H14FNO/c12-8-5-11(6-8,7-13)9-3-1-2-4-10(9)14/h1-4,8,14H,5-7,13H2. The van der Waals surface area contributed by atoms with Crippen molar-refractivity contribution in [1.82, 2.24) is 0 Å². The van der Waals surface area contributed by atoms with Gasteiger partial charge in [-0.1, -0.05) is 18.2 Å². The highest BCUT2D eigenvalue weighted by molar-refractivity contribution is 5.41. The molecule has 1 aliphatic carbocycles. The van der Waals surface area contributed by atoms with Crippen molar-refractivity contribution in [1.29, 1.82) is 0 Å². The number of hydrogen-bond donors (Lipinski definition) is 2. The molecule has 1 fully saturated rings. The van der Waals surface area contributed by atoms with Gasteiger partial charge >= 0.3 is 0 Å². The van der Waals surface area contributed by atoms with E-state index in [-0.39, 0.29) is 11.2 Å². The molecule has 14 heavy (non-hydrogen) atoms. The van der Waals surface area contributed by atoms with Crippen molar-refractivity contribution in [3.05, 3.63) is 29.8 Å². The summed E-state index contributed by atoms with van der Waals surface area (Å²) in [6.45, 7) is 0.394. The smallest absolute Gasteiger partial charge is 0.119 e. The largest absolute Gasteiger partial charge is 0.508 e. The molecular weight excluding hydrogens is 181 g/mol. The first-order valence-electron chi connectivity index (χ1n) is 4.80. The van der Waals surface area contributed by atoms with Crippen LogP contribution >= 0.6 is 0 Å². The number of rotatable bonds is 2. The summed E-state index contributed by atoms with van der Waals surface area (Å²) < 4.78 is 12.9. The lowest BCUT2D eigenvalue weighted by molar-refractivity contribution is 0.0976. The van der Waals surface area contributed by atoms with Crippen LogP contribution in [0.3, 0.4) is 0 Å². The van der Waals surface area contributed by atoms with Crippen LogP contribution in [-0.2, 0) is 5.41 Å².